The molecular weight excluding hydrogens is 459 g/mol. The lowest BCUT2D eigenvalue weighted by Gasteiger charge is -2.28. The number of unbranched alkanes of at least 4 members (excludes halogenated alkanes) is 2. The minimum atomic E-state index is -0.447. The molecule has 1 aliphatic heterocycles. The number of halogens is 1. The summed E-state index contributed by atoms with van der Waals surface area (Å²) in [5, 5.41) is 0. The maximum Gasteiger partial charge on any atom is 0.131 e. The van der Waals surface area contributed by atoms with Gasteiger partial charge in [0, 0.05) is 14.4 Å². The van der Waals surface area contributed by atoms with Crippen LogP contribution in [0.4, 0.5) is 4.39 Å². The van der Waals surface area contributed by atoms with Crippen molar-refractivity contribution >= 4 is 8.80 Å². The van der Waals surface area contributed by atoms with Crippen LogP contribution >= 0.6 is 0 Å². The molecule has 1 nitrogen and oxygen atoms in total. The second-order valence-electron chi connectivity index (χ2n) is 10.6. The summed E-state index contributed by atoms with van der Waals surface area (Å²) in [5.41, 5.74) is 5.45. The highest BCUT2D eigenvalue weighted by atomic mass is 28.3. The van der Waals surface area contributed by atoms with Crippen molar-refractivity contribution in [3.8, 4) is 16.9 Å². The van der Waals surface area contributed by atoms with Gasteiger partial charge in [-0.1, -0.05) is 99.8 Å². The molecule has 0 N–H and O–H groups in total. The van der Waals surface area contributed by atoms with Crippen molar-refractivity contribution in [3.05, 3.63) is 89.2 Å². The maximum atomic E-state index is 14.9. The van der Waals surface area contributed by atoms with Crippen molar-refractivity contribution in [2.45, 2.75) is 89.3 Å². The summed E-state index contributed by atoms with van der Waals surface area (Å²) in [6, 6.07) is 27.4. The Kier molecular flexibility index (Phi) is 10.2. The van der Waals surface area contributed by atoms with Gasteiger partial charge in [-0.05, 0) is 78.5 Å². The number of aryl methyl sites for hydroxylation is 2. The van der Waals surface area contributed by atoms with Crippen molar-refractivity contribution in [2.75, 3.05) is 6.61 Å². The van der Waals surface area contributed by atoms with Crippen LogP contribution in [0, 0.1) is 5.82 Å². The van der Waals surface area contributed by atoms with E-state index in [-0.39, 0.29) is 5.82 Å². The third-order valence-electron chi connectivity index (χ3n) is 7.89. The summed E-state index contributed by atoms with van der Waals surface area (Å²) in [6.07, 6.45) is 9.83. The number of benzene rings is 3. The third-order valence-corrected chi connectivity index (χ3v) is 11.4. The molecule has 0 amide bonds. The first-order chi connectivity index (χ1) is 17.7. The zero-order valence-electron chi connectivity index (χ0n) is 22.3. The van der Waals surface area contributed by atoms with Crippen LogP contribution in [0.25, 0.3) is 11.1 Å². The number of rotatable bonds is 12. The molecule has 1 heterocycles. The van der Waals surface area contributed by atoms with Gasteiger partial charge in [0.25, 0.3) is 0 Å². The molecule has 3 aromatic carbocycles. The quantitative estimate of drug-likeness (QED) is 0.177. The first kappa shape index (κ1) is 26.7. The monoisotopic (exact) mass is 502 g/mol. The standard InChI is InChI=1S/C33H43FOSi/c1-3-5-6-22-36-23-19-29(20-24-36)28-12-9-26(10-13-28)7-8-27-11-18-32(33(34)25-27)30-14-16-31(17-15-30)35-21-4-2/h9-18,25,29,36H,3-8,19-24H2,1-2H3/t29-,36-. The van der Waals surface area contributed by atoms with E-state index in [1.54, 1.807) is 12.1 Å². The van der Waals surface area contributed by atoms with Gasteiger partial charge in [-0.15, -0.1) is 0 Å². The van der Waals surface area contributed by atoms with Crippen LogP contribution in [0.3, 0.4) is 0 Å². The average molecular weight is 503 g/mol. The lowest BCUT2D eigenvalue weighted by molar-refractivity contribution is 0.317. The largest absolute Gasteiger partial charge is 0.494 e. The first-order valence-corrected chi connectivity index (χ1v) is 16.7. The summed E-state index contributed by atoms with van der Waals surface area (Å²) in [7, 11) is -0.447. The summed E-state index contributed by atoms with van der Waals surface area (Å²) in [5.74, 6) is 1.45. The fourth-order valence-corrected chi connectivity index (χ4v) is 9.09. The van der Waals surface area contributed by atoms with E-state index in [1.807, 2.05) is 30.3 Å². The third kappa shape index (κ3) is 7.55. The van der Waals surface area contributed by atoms with E-state index in [4.69, 9.17) is 4.74 Å². The molecule has 1 fully saturated rings. The van der Waals surface area contributed by atoms with E-state index >= 15 is 0 Å². The van der Waals surface area contributed by atoms with E-state index < -0.39 is 8.80 Å². The maximum absolute atomic E-state index is 14.9. The van der Waals surface area contributed by atoms with Gasteiger partial charge in [0.1, 0.15) is 11.6 Å². The van der Waals surface area contributed by atoms with Crippen LogP contribution in [-0.2, 0) is 12.8 Å². The molecular formula is C33H43FOSi. The van der Waals surface area contributed by atoms with Crippen LogP contribution in [0.2, 0.25) is 18.1 Å². The average Bonchev–Trinajstić information content (AvgIpc) is 2.92. The van der Waals surface area contributed by atoms with Gasteiger partial charge in [0.05, 0.1) is 6.61 Å². The summed E-state index contributed by atoms with van der Waals surface area (Å²) in [4.78, 5) is 0. The molecule has 36 heavy (non-hydrogen) atoms. The fraction of sp³-hybridized carbons (Fsp3) is 0.455. The molecule has 3 heteroatoms. The van der Waals surface area contributed by atoms with Gasteiger partial charge in [-0.2, -0.15) is 0 Å². The number of ether oxygens (including phenoxy) is 1. The molecule has 192 valence electrons. The first-order valence-electron chi connectivity index (χ1n) is 14.3. The van der Waals surface area contributed by atoms with Gasteiger partial charge in [-0.25, -0.2) is 4.39 Å². The molecule has 1 aliphatic rings. The van der Waals surface area contributed by atoms with Crippen LogP contribution in [0.1, 0.15) is 75.0 Å². The molecule has 0 aromatic heterocycles. The molecule has 0 bridgehead atoms. The molecule has 0 radical (unpaired) electrons. The normalized spacial score (nSPS) is 17.8. The molecule has 4 rings (SSSR count). The summed E-state index contributed by atoms with van der Waals surface area (Å²) in [6.45, 7) is 5.09. The highest BCUT2D eigenvalue weighted by Crippen LogP contribution is 2.35. The Hall–Kier alpha value is -2.39. The summed E-state index contributed by atoms with van der Waals surface area (Å²) < 4.78 is 20.5. The van der Waals surface area contributed by atoms with Gasteiger partial charge < -0.3 is 4.74 Å². The SMILES string of the molecule is CCCCC[Si@H]1CC[C@H](c2ccc(CCc3ccc(-c4ccc(OCCC)cc4)c(F)c3)cc2)CC1. The van der Waals surface area contributed by atoms with Crippen LogP contribution in [-0.4, -0.2) is 15.4 Å². The number of hydrogen-bond acceptors (Lipinski definition) is 1. The lowest BCUT2D eigenvalue weighted by Crippen LogP contribution is -2.20. The Morgan fingerprint density at radius 3 is 2.17 bits per heavy atom. The van der Waals surface area contributed by atoms with Crippen LogP contribution in [0.5, 0.6) is 5.75 Å². The van der Waals surface area contributed by atoms with Crippen molar-refractivity contribution in [1.82, 2.24) is 0 Å². The molecule has 0 atom stereocenters. The van der Waals surface area contributed by atoms with Gasteiger partial charge in [-0.3, -0.25) is 0 Å². The smallest absolute Gasteiger partial charge is 0.131 e. The van der Waals surface area contributed by atoms with E-state index in [2.05, 4.69) is 44.2 Å². The summed E-state index contributed by atoms with van der Waals surface area (Å²) >= 11 is 0. The van der Waals surface area contributed by atoms with E-state index in [9.17, 15) is 4.39 Å². The van der Waals surface area contributed by atoms with Crippen LogP contribution in [0.15, 0.2) is 66.7 Å². The Bertz CT molecular complexity index is 1050. The van der Waals surface area contributed by atoms with Crippen molar-refractivity contribution < 1.29 is 9.13 Å². The Morgan fingerprint density at radius 2 is 1.50 bits per heavy atom. The lowest BCUT2D eigenvalue weighted by atomic mass is 9.92. The molecule has 3 aromatic rings. The zero-order valence-corrected chi connectivity index (χ0v) is 23.4. The van der Waals surface area contributed by atoms with E-state index in [1.165, 1.54) is 55.3 Å². The molecule has 0 spiro atoms. The Balaban J connectivity index is 1.27. The second kappa shape index (κ2) is 13.8. The second-order valence-corrected chi connectivity index (χ2v) is 14.1. The topological polar surface area (TPSA) is 9.23 Å². The van der Waals surface area contributed by atoms with Gasteiger partial charge in [0.15, 0.2) is 0 Å². The van der Waals surface area contributed by atoms with Crippen LogP contribution < -0.4 is 4.74 Å². The Morgan fingerprint density at radius 1 is 0.806 bits per heavy atom. The fourth-order valence-electron chi connectivity index (χ4n) is 5.61. The molecule has 0 unspecified atom stereocenters. The predicted molar refractivity (Wildman–Crippen MR) is 155 cm³/mol. The van der Waals surface area contributed by atoms with E-state index in [0.717, 1.165) is 42.1 Å². The minimum Gasteiger partial charge on any atom is -0.494 e. The highest BCUT2D eigenvalue weighted by molar-refractivity contribution is 6.59. The van der Waals surface area contributed by atoms with Crippen molar-refractivity contribution in [3.63, 3.8) is 0 Å². The molecule has 1 saturated heterocycles. The minimum absolute atomic E-state index is 0.154. The van der Waals surface area contributed by atoms with E-state index in [0.29, 0.717) is 12.2 Å². The van der Waals surface area contributed by atoms with Gasteiger partial charge >= 0.3 is 0 Å². The Labute approximate surface area is 219 Å². The molecule has 0 aliphatic carbocycles. The zero-order chi connectivity index (χ0) is 25.2. The highest BCUT2D eigenvalue weighted by Gasteiger charge is 2.22. The molecule has 0 saturated carbocycles. The van der Waals surface area contributed by atoms with Crippen molar-refractivity contribution in [2.24, 2.45) is 0 Å². The van der Waals surface area contributed by atoms with Gasteiger partial charge in [0.2, 0.25) is 0 Å². The number of hydrogen-bond donors (Lipinski definition) is 0. The predicted octanol–water partition coefficient (Wildman–Crippen LogP) is 9.36. The van der Waals surface area contributed by atoms with Crippen molar-refractivity contribution in [1.29, 1.82) is 0 Å².